The van der Waals surface area contributed by atoms with Gasteiger partial charge in [-0.3, -0.25) is 4.79 Å². The standard InChI is InChI=1S/C24H25NO/c1-3-23(22-12-8-5-9-13-22)24(26)25-18(2)19-14-16-21(17-15-19)20-10-6-4-7-11-20/h4-18,23H,3H2,1-2H3,(H,25,26)/t18-,23+/m0/s1. The minimum atomic E-state index is -0.109. The Labute approximate surface area is 155 Å². The summed E-state index contributed by atoms with van der Waals surface area (Å²) in [6.45, 7) is 4.09. The van der Waals surface area contributed by atoms with Gasteiger partial charge in [0.1, 0.15) is 0 Å². The van der Waals surface area contributed by atoms with Crippen molar-refractivity contribution in [3.05, 3.63) is 96.1 Å². The lowest BCUT2D eigenvalue weighted by Crippen LogP contribution is -2.31. The van der Waals surface area contributed by atoms with Crippen LogP contribution < -0.4 is 5.32 Å². The van der Waals surface area contributed by atoms with Crippen molar-refractivity contribution in [2.45, 2.75) is 32.2 Å². The molecule has 0 spiro atoms. The molecule has 0 fully saturated rings. The molecule has 3 aromatic rings. The van der Waals surface area contributed by atoms with Crippen molar-refractivity contribution >= 4 is 5.91 Å². The Hall–Kier alpha value is -2.87. The van der Waals surface area contributed by atoms with Crippen LogP contribution in [0.1, 0.15) is 43.4 Å². The molecule has 2 heteroatoms. The van der Waals surface area contributed by atoms with Crippen LogP contribution in [0.4, 0.5) is 0 Å². The SMILES string of the molecule is CC[C@@H](C(=O)N[C@@H](C)c1ccc(-c2ccccc2)cc1)c1ccccc1. The fourth-order valence-corrected chi connectivity index (χ4v) is 3.25. The zero-order valence-corrected chi connectivity index (χ0v) is 15.4. The second kappa shape index (κ2) is 8.48. The molecule has 0 saturated heterocycles. The number of hydrogen-bond donors (Lipinski definition) is 1. The molecule has 0 saturated carbocycles. The smallest absolute Gasteiger partial charge is 0.228 e. The quantitative estimate of drug-likeness (QED) is 0.609. The summed E-state index contributed by atoms with van der Waals surface area (Å²) in [4.78, 5) is 12.7. The van der Waals surface area contributed by atoms with Gasteiger partial charge in [0.2, 0.25) is 5.91 Å². The molecule has 0 heterocycles. The van der Waals surface area contributed by atoms with Crippen molar-refractivity contribution in [1.29, 1.82) is 0 Å². The van der Waals surface area contributed by atoms with Gasteiger partial charge in [-0.25, -0.2) is 0 Å². The van der Waals surface area contributed by atoms with Crippen LogP contribution in [0.15, 0.2) is 84.9 Å². The van der Waals surface area contributed by atoms with Gasteiger partial charge in [0.25, 0.3) is 0 Å². The number of benzene rings is 3. The normalized spacial score (nSPS) is 13.0. The molecule has 2 nitrogen and oxygen atoms in total. The maximum absolute atomic E-state index is 12.7. The van der Waals surface area contributed by atoms with Crippen molar-refractivity contribution in [3.8, 4) is 11.1 Å². The van der Waals surface area contributed by atoms with Crippen LogP contribution >= 0.6 is 0 Å². The third-order valence-electron chi connectivity index (χ3n) is 4.80. The highest BCUT2D eigenvalue weighted by Gasteiger charge is 2.20. The van der Waals surface area contributed by atoms with Crippen LogP contribution in [0.3, 0.4) is 0 Å². The summed E-state index contributed by atoms with van der Waals surface area (Å²) >= 11 is 0. The summed E-state index contributed by atoms with van der Waals surface area (Å²) in [6.07, 6.45) is 0.787. The highest BCUT2D eigenvalue weighted by Crippen LogP contribution is 2.24. The number of nitrogens with one attached hydrogen (secondary N) is 1. The second-order valence-electron chi connectivity index (χ2n) is 6.59. The van der Waals surface area contributed by atoms with E-state index in [0.29, 0.717) is 0 Å². The molecule has 0 unspecified atom stereocenters. The first-order valence-corrected chi connectivity index (χ1v) is 9.19. The lowest BCUT2D eigenvalue weighted by Gasteiger charge is -2.20. The molecular formula is C24H25NO. The van der Waals surface area contributed by atoms with E-state index in [-0.39, 0.29) is 17.9 Å². The molecule has 0 aliphatic rings. The third-order valence-corrected chi connectivity index (χ3v) is 4.80. The van der Waals surface area contributed by atoms with E-state index in [4.69, 9.17) is 0 Å². The summed E-state index contributed by atoms with van der Waals surface area (Å²) in [7, 11) is 0. The zero-order valence-electron chi connectivity index (χ0n) is 15.4. The molecule has 0 aromatic heterocycles. The second-order valence-corrected chi connectivity index (χ2v) is 6.59. The number of rotatable bonds is 6. The van der Waals surface area contributed by atoms with Gasteiger partial charge >= 0.3 is 0 Å². The average Bonchev–Trinajstić information content (AvgIpc) is 2.70. The predicted octanol–water partition coefficient (Wildman–Crippen LogP) is 5.72. The van der Waals surface area contributed by atoms with E-state index in [1.165, 1.54) is 11.1 Å². The van der Waals surface area contributed by atoms with Crippen LogP contribution in [-0.2, 0) is 4.79 Å². The molecule has 0 bridgehead atoms. The van der Waals surface area contributed by atoms with E-state index in [1.54, 1.807) is 0 Å². The van der Waals surface area contributed by atoms with E-state index in [2.05, 4.69) is 48.6 Å². The molecule has 0 aliphatic heterocycles. The first-order valence-electron chi connectivity index (χ1n) is 9.19. The number of carbonyl (C=O) groups excluding carboxylic acids is 1. The molecule has 0 aliphatic carbocycles. The Morgan fingerprint density at radius 2 is 1.31 bits per heavy atom. The van der Waals surface area contributed by atoms with Gasteiger partial charge in [0.15, 0.2) is 0 Å². The summed E-state index contributed by atoms with van der Waals surface area (Å²) in [5.74, 6) is -0.0272. The van der Waals surface area contributed by atoms with E-state index in [0.717, 1.165) is 17.5 Å². The van der Waals surface area contributed by atoms with Crippen molar-refractivity contribution in [1.82, 2.24) is 5.32 Å². The van der Waals surface area contributed by atoms with Gasteiger partial charge in [-0.1, -0.05) is 91.9 Å². The minimum absolute atomic E-state index is 0.0231. The van der Waals surface area contributed by atoms with Crippen LogP contribution in [0.2, 0.25) is 0 Å². The van der Waals surface area contributed by atoms with Gasteiger partial charge in [-0.2, -0.15) is 0 Å². The number of amides is 1. The number of hydrogen-bond acceptors (Lipinski definition) is 1. The van der Waals surface area contributed by atoms with E-state index in [1.807, 2.05) is 55.5 Å². The van der Waals surface area contributed by atoms with Crippen molar-refractivity contribution < 1.29 is 4.79 Å². The monoisotopic (exact) mass is 343 g/mol. The molecule has 2 atom stereocenters. The summed E-state index contributed by atoms with van der Waals surface area (Å²) < 4.78 is 0. The van der Waals surface area contributed by atoms with Gasteiger partial charge in [-0.15, -0.1) is 0 Å². The lowest BCUT2D eigenvalue weighted by atomic mass is 9.95. The number of carbonyl (C=O) groups is 1. The maximum Gasteiger partial charge on any atom is 0.228 e. The third kappa shape index (κ3) is 4.20. The highest BCUT2D eigenvalue weighted by atomic mass is 16.1. The first-order chi connectivity index (χ1) is 12.7. The topological polar surface area (TPSA) is 29.1 Å². The molecular weight excluding hydrogens is 318 g/mol. The molecule has 3 rings (SSSR count). The summed E-state index contributed by atoms with van der Waals surface area (Å²) in [5, 5.41) is 3.17. The van der Waals surface area contributed by atoms with E-state index >= 15 is 0 Å². The molecule has 26 heavy (non-hydrogen) atoms. The molecule has 132 valence electrons. The van der Waals surface area contributed by atoms with Gasteiger partial charge in [0, 0.05) is 0 Å². The largest absolute Gasteiger partial charge is 0.349 e. The van der Waals surface area contributed by atoms with Crippen molar-refractivity contribution in [2.75, 3.05) is 0 Å². The molecule has 1 N–H and O–H groups in total. The minimum Gasteiger partial charge on any atom is -0.349 e. The van der Waals surface area contributed by atoms with Crippen molar-refractivity contribution in [2.24, 2.45) is 0 Å². The van der Waals surface area contributed by atoms with Crippen molar-refractivity contribution in [3.63, 3.8) is 0 Å². The Bertz CT molecular complexity index is 825. The molecule has 3 aromatic carbocycles. The van der Waals surface area contributed by atoms with Gasteiger partial charge in [0.05, 0.1) is 12.0 Å². The van der Waals surface area contributed by atoms with Crippen LogP contribution in [0.25, 0.3) is 11.1 Å². The lowest BCUT2D eigenvalue weighted by molar-refractivity contribution is -0.123. The average molecular weight is 343 g/mol. The van der Waals surface area contributed by atoms with Crippen LogP contribution in [0, 0.1) is 0 Å². The summed E-state index contributed by atoms with van der Waals surface area (Å²) in [6, 6.07) is 28.7. The van der Waals surface area contributed by atoms with Gasteiger partial charge < -0.3 is 5.32 Å². The zero-order chi connectivity index (χ0) is 18.4. The Kier molecular flexibility index (Phi) is 5.85. The highest BCUT2D eigenvalue weighted by molar-refractivity contribution is 5.84. The summed E-state index contributed by atoms with van der Waals surface area (Å²) in [5.41, 5.74) is 4.56. The molecule has 1 amide bonds. The molecule has 0 radical (unpaired) electrons. The van der Waals surface area contributed by atoms with Crippen LogP contribution in [-0.4, -0.2) is 5.91 Å². The fraction of sp³-hybridized carbons (Fsp3) is 0.208. The Morgan fingerprint density at radius 3 is 1.88 bits per heavy atom. The van der Waals surface area contributed by atoms with E-state index < -0.39 is 0 Å². The maximum atomic E-state index is 12.7. The fourth-order valence-electron chi connectivity index (χ4n) is 3.25. The Morgan fingerprint density at radius 1 is 0.769 bits per heavy atom. The predicted molar refractivity (Wildman–Crippen MR) is 108 cm³/mol. The Balaban J connectivity index is 1.69. The van der Waals surface area contributed by atoms with Gasteiger partial charge in [-0.05, 0) is 35.6 Å². The van der Waals surface area contributed by atoms with E-state index in [9.17, 15) is 4.79 Å². The van der Waals surface area contributed by atoms with Crippen LogP contribution in [0.5, 0.6) is 0 Å². The first kappa shape index (κ1) is 17.9.